The smallest absolute Gasteiger partial charge is 0.399 e. The fourth-order valence-electron chi connectivity index (χ4n) is 3.19. The van der Waals surface area contributed by atoms with Crippen molar-refractivity contribution < 1.29 is 17.6 Å². The minimum atomic E-state index is -4.45. The Morgan fingerprint density at radius 2 is 1.79 bits per heavy atom. The zero-order valence-corrected chi connectivity index (χ0v) is 14.7. The highest BCUT2D eigenvalue weighted by Crippen LogP contribution is 2.35. The number of alkyl halides is 3. The third-order valence-electron chi connectivity index (χ3n) is 4.46. The molecule has 0 amide bonds. The normalized spacial score (nSPS) is 17.2. The summed E-state index contributed by atoms with van der Waals surface area (Å²) in [5.41, 5.74) is 7.36. The number of aliphatic imine (C=N–C) groups is 1. The van der Waals surface area contributed by atoms with E-state index in [1.807, 2.05) is 0 Å². The molecule has 2 aromatic carbocycles. The predicted octanol–water partition coefficient (Wildman–Crippen LogP) is 4.80. The minimum Gasteiger partial charge on any atom is -0.399 e. The van der Waals surface area contributed by atoms with E-state index in [4.69, 9.17) is 5.73 Å². The van der Waals surface area contributed by atoms with E-state index < -0.39 is 23.9 Å². The summed E-state index contributed by atoms with van der Waals surface area (Å²) < 4.78 is 54.2. The van der Waals surface area contributed by atoms with E-state index in [0.717, 1.165) is 18.3 Å². The maximum atomic E-state index is 13.9. The molecule has 3 aromatic rings. The molecular weight excluding hydrogens is 374 g/mol. The number of benzene rings is 2. The number of rotatable bonds is 2. The number of allylic oxidation sites excluding steroid dienone is 1. The van der Waals surface area contributed by atoms with Crippen molar-refractivity contribution in [3.05, 3.63) is 65.9 Å². The zero-order chi connectivity index (χ0) is 20.1. The van der Waals surface area contributed by atoms with Gasteiger partial charge in [0, 0.05) is 17.6 Å². The molecule has 9 heteroatoms. The largest absolute Gasteiger partial charge is 0.416 e. The zero-order valence-electron chi connectivity index (χ0n) is 14.7. The highest BCUT2D eigenvalue weighted by Gasteiger charge is 2.31. The quantitative estimate of drug-likeness (QED) is 0.506. The average molecular weight is 389 g/mol. The number of fused-ring (bicyclic) bond motifs is 1. The second-order valence-electron chi connectivity index (χ2n) is 6.37. The highest BCUT2D eigenvalue weighted by atomic mass is 19.4. The lowest BCUT2D eigenvalue weighted by Gasteiger charge is -2.32. The first-order chi connectivity index (χ1) is 13.2. The van der Waals surface area contributed by atoms with Gasteiger partial charge in [-0.2, -0.15) is 13.2 Å². The molecule has 0 radical (unpaired) electrons. The molecule has 0 bridgehead atoms. The molecule has 1 aromatic heterocycles. The number of halogens is 4. The summed E-state index contributed by atoms with van der Waals surface area (Å²) in [5, 5.41) is 0. The molecule has 2 N–H and O–H groups in total. The molecule has 144 valence electrons. The van der Waals surface area contributed by atoms with Crippen LogP contribution in [0.3, 0.4) is 0 Å². The van der Waals surface area contributed by atoms with Crippen LogP contribution in [0.4, 0.5) is 28.9 Å². The van der Waals surface area contributed by atoms with Crippen molar-refractivity contribution in [3.63, 3.8) is 0 Å². The lowest BCUT2D eigenvalue weighted by Crippen LogP contribution is -2.30. The first kappa shape index (κ1) is 18.0. The molecule has 1 aliphatic heterocycles. The van der Waals surface area contributed by atoms with Gasteiger partial charge in [-0.3, -0.25) is 4.57 Å². The molecule has 0 saturated carbocycles. The number of hydrogen-bond acceptors (Lipinski definition) is 4. The molecule has 2 heterocycles. The van der Waals surface area contributed by atoms with E-state index in [1.54, 1.807) is 29.7 Å². The van der Waals surface area contributed by atoms with Gasteiger partial charge in [0.15, 0.2) is 5.83 Å². The van der Waals surface area contributed by atoms with Gasteiger partial charge in [-0.25, -0.2) is 14.4 Å². The summed E-state index contributed by atoms with van der Waals surface area (Å²) in [6, 6.07) is 9.67. The summed E-state index contributed by atoms with van der Waals surface area (Å²) >= 11 is 0. The van der Waals surface area contributed by atoms with Gasteiger partial charge in [-0.1, -0.05) is 0 Å². The molecule has 0 spiro atoms. The number of imidazole rings is 1. The monoisotopic (exact) mass is 389 g/mol. The van der Waals surface area contributed by atoms with Crippen LogP contribution in [0.25, 0.3) is 11.0 Å². The number of nitrogens with two attached hydrogens (primary N) is 1. The summed E-state index contributed by atoms with van der Waals surface area (Å²) in [4.78, 5) is 10.2. The van der Waals surface area contributed by atoms with Gasteiger partial charge in [0.2, 0.25) is 6.29 Å². The highest BCUT2D eigenvalue weighted by molar-refractivity contribution is 5.82. The van der Waals surface area contributed by atoms with Gasteiger partial charge >= 0.3 is 6.18 Å². The van der Waals surface area contributed by atoms with Crippen LogP contribution in [0.2, 0.25) is 0 Å². The Bertz CT molecular complexity index is 1100. The van der Waals surface area contributed by atoms with Crippen LogP contribution in [0.5, 0.6) is 0 Å². The SMILES string of the molecule is Cc1nc2ccc(N)cc2n1C1N=CC(F)=CN1c1ccc(C(F)(F)F)cc1. The Morgan fingerprint density at radius 1 is 1.07 bits per heavy atom. The first-order valence-electron chi connectivity index (χ1n) is 8.34. The van der Waals surface area contributed by atoms with Crippen molar-refractivity contribution in [2.75, 3.05) is 10.6 Å². The molecule has 0 aliphatic carbocycles. The van der Waals surface area contributed by atoms with Crippen LogP contribution in [0.15, 0.2) is 59.5 Å². The van der Waals surface area contributed by atoms with E-state index in [9.17, 15) is 17.6 Å². The van der Waals surface area contributed by atoms with Gasteiger partial charge in [0.05, 0.1) is 22.8 Å². The average Bonchev–Trinajstić information content (AvgIpc) is 2.96. The van der Waals surface area contributed by atoms with Crippen molar-refractivity contribution in [2.45, 2.75) is 19.4 Å². The van der Waals surface area contributed by atoms with E-state index in [1.165, 1.54) is 23.2 Å². The number of nitrogen functional groups attached to an aromatic ring is 1. The van der Waals surface area contributed by atoms with Crippen molar-refractivity contribution in [2.24, 2.45) is 4.99 Å². The first-order valence-corrected chi connectivity index (χ1v) is 8.34. The van der Waals surface area contributed by atoms with E-state index in [-0.39, 0.29) is 0 Å². The minimum absolute atomic E-state index is 0.357. The lowest BCUT2D eigenvalue weighted by molar-refractivity contribution is -0.137. The summed E-state index contributed by atoms with van der Waals surface area (Å²) in [6.45, 7) is 1.77. The topological polar surface area (TPSA) is 59.4 Å². The Kier molecular flexibility index (Phi) is 4.10. The molecule has 5 nitrogen and oxygen atoms in total. The van der Waals surface area contributed by atoms with E-state index in [0.29, 0.717) is 28.2 Å². The number of aromatic nitrogens is 2. The van der Waals surface area contributed by atoms with Crippen molar-refractivity contribution in [3.8, 4) is 0 Å². The lowest BCUT2D eigenvalue weighted by atomic mass is 10.2. The molecule has 1 atom stereocenters. The van der Waals surface area contributed by atoms with Crippen LogP contribution < -0.4 is 10.6 Å². The standard InChI is InChI=1S/C19H15F4N5/c1-11-26-16-7-4-14(24)8-17(16)28(11)18-25-9-13(20)10-27(18)15-5-2-12(3-6-15)19(21,22)23/h2-10,18H,24H2,1H3. The molecular formula is C19H15F4N5. The van der Waals surface area contributed by atoms with Crippen LogP contribution in [0, 0.1) is 6.92 Å². The molecule has 4 rings (SSSR count). The number of anilines is 2. The Morgan fingerprint density at radius 3 is 2.46 bits per heavy atom. The molecule has 1 unspecified atom stereocenters. The maximum Gasteiger partial charge on any atom is 0.416 e. The number of aryl methyl sites for hydroxylation is 1. The third-order valence-corrected chi connectivity index (χ3v) is 4.46. The second-order valence-corrected chi connectivity index (χ2v) is 6.37. The molecule has 28 heavy (non-hydrogen) atoms. The molecule has 1 aliphatic rings. The molecule has 0 saturated heterocycles. The maximum absolute atomic E-state index is 13.9. The van der Waals surface area contributed by atoms with E-state index in [2.05, 4.69) is 9.98 Å². The van der Waals surface area contributed by atoms with Gasteiger partial charge in [0.1, 0.15) is 5.82 Å². The fourth-order valence-corrected chi connectivity index (χ4v) is 3.19. The van der Waals surface area contributed by atoms with E-state index >= 15 is 0 Å². The fraction of sp³-hybridized carbons (Fsp3) is 0.158. The summed E-state index contributed by atoms with van der Waals surface area (Å²) in [7, 11) is 0. The van der Waals surface area contributed by atoms with Gasteiger partial charge in [-0.15, -0.1) is 0 Å². The van der Waals surface area contributed by atoms with Crippen LogP contribution in [-0.4, -0.2) is 15.8 Å². The van der Waals surface area contributed by atoms with Crippen LogP contribution in [0.1, 0.15) is 17.7 Å². The van der Waals surface area contributed by atoms with Crippen LogP contribution >= 0.6 is 0 Å². The van der Waals surface area contributed by atoms with Crippen molar-refractivity contribution >= 4 is 28.6 Å². The van der Waals surface area contributed by atoms with Gasteiger partial charge < -0.3 is 10.6 Å². The third kappa shape index (κ3) is 3.08. The Hall–Kier alpha value is -3.36. The van der Waals surface area contributed by atoms with Gasteiger partial charge in [-0.05, 0) is 49.4 Å². The van der Waals surface area contributed by atoms with Gasteiger partial charge in [0.25, 0.3) is 0 Å². The predicted molar refractivity (Wildman–Crippen MR) is 99.5 cm³/mol. The second kappa shape index (κ2) is 6.36. The number of hydrogen-bond donors (Lipinski definition) is 1. The Balaban J connectivity index is 1.82. The van der Waals surface area contributed by atoms with Crippen LogP contribution in [-0.2, 0) is 6.18 Å². The molecule has 0 fully saturated rings. The Labute approximate surface area is 157 Å². The summed E-state index contributed by atoms with van der Waals surface area (Å²) in [6.07, 6.45) is -2.95. The van der Waals surface area contributed by atoms with Crippen molar-refractivity contribution in [1.29, 1.82) is 0 Å². The number of nitrogens with zero attached hydrogens (tertiary/aromatic N) is 4. The summed E-state index contributed by atoms with van der Waals surface area (Å²) in [5.74, 6) is -0.00638. The van der Waals surface area contributed by atoms with Crippen molar-refractivity contribution in [1.82, 2.24) is 9.55 Å².